The van der Waals surface area contributed by atoms with Crippen molar-refractivity contribution in [2.24, 2.45) is 17.4 Å². The topological polar surface area (TPSA) is 132 Å². The third-order valence-electron chi connectivity index (χ3n) is 4.31. The average Bonchev–Trinajstić information content (AvgIpc) is 3.08. The number of amides is 1. The van der Waals surface area contributed by atoms with Crippen molar-refractivity contribution in [2.75, 3.05) is 10.6 Å². The van der Waals surface area contributed by atoms with Gasteiger partial charge < -0.3 is 22.1 Å². The first-order chi connectivity index (χ1) is 13.3. The number of primary amides is 1. The molecule has 0 aliphatic carbocycles. The molecule has 9 heteroatoms. The minimum Gasteiger partial charge on any atom is -0.364 e. The maximum atomic E-state index is 11.8. The van der Waals surface area contributed by atoms with Crippen LogP contribution in [-0.2, 0) is 0 Å². The van der Waals surface area contributed by atoms with Crippen LogP contribution in [0, 0.1) is 5.92 Å². The van der Waals surface area contributed by atoms with Gasteiger partial charge in [-0.25, -0.2) is 0 Å². The second kappa shape index (κ2) is 8.49. The first kappa shape index (κ1) is 20.0. The second-order valence-corrected chi connectivity index (χ2v) is 8.18. The molecule has 0 aliphatic heterocycles. The number of nitrogens with zero attached hydrogens (tertiary/aromatic N) is 3. The highest BCUT2D eigenvalue weighted by molar-refractivity contribution is 7.17. The Morgan fingerprint density at radius 1 is 1.21 bits per heavy atom. The number of carbonyl (C=O) groups is 1. The van der Waals surface area contributed by atoms with Gasteiger partial charge >= 0.3 is 0 Å². The van der Waals surface area contributed by atoms with Gasteiger partial charge in [-0.2, -0.15) is 4.98 Å². The number of hydrogen-bond acceptors (Lipinski definition) is 8. The van der Waals surface area contributed by atoms with E-state index in [2.05, 4.69) is 39.7 Å². The fraction of sp³-hybridized carbons (Fsp3) is 0.368. The molecule has 0 bridgehead atoms. The summed E-state index contributed by atoms with van der Waals surface area (Å²) in [6.45, 7) is 6.18. The van der Waals surface area contributed by atoms with Crippen molar-refractivity contribution in [1.82, 2.24) is 15.2 Å². The van der Waals surface area contributed by atoms with E-state index in [9.17, 15) is 4.79 Å². The van der Waals surface area contributed by atoms with E-state index < -0.39 is 5.91 Å². The molecule has 3 rings (SSSR count). The van der Waals surface area contributed by atoms with Gasteiger partial charge in [-0.1, -0.05) is 13.8 Å². The molecule has 0 fully saturated rings. The van der Waals surface area contributed by atoms with Crippen LogP contribution in [0.3, 0.4) is 0 Å². The number of aromatic nitrogens is 3. The molecule has 2 heterocycles. The van der Waals surface area contributed by atoms with Crippen LogP contribution in [0.1, 0.15) is 37.7 Å². The van der Waals surface area contributed by atoms with Crippen LogP contribution in [0.4, 0.5) is 17.5 Å². The minimum atomic E-state index is -0.698. The normalized spacial score (nSPS) is 13.5. The molecular formula is C19H25N7OS. The number of thiophene rings is 1. The Balaban J connectivity index is 1.89. The number of nitrogens with one attached hydrogen (secondary N) is 2. The molecule has 0 unspecified atom stereocenters. The summed E-state index contributed by atoms with van der Waals surface area (Å²) in [6.07, 6.45) is 0.857. The summed E-state index contributed by atoms with van der Waals surface area (Å²) < 4.78 is 1.18. The smallest absolute Gasteiger partial charge is 0.273 e. The molecule has 1 amide bonds. The molecule has 0 spiro atoms. The van der Waals surface area contributed by atoms with E-state index >= 15 is 0 Å². The van der Waals surface area contributed by atoms with Crippen LogP contribution in [0.5, 0.6) is 0 Å². The molecule has 0 saturated carbocycles. The molecule has 2 aromatic heterocycles. The maximum Gasteiger partial charge on any atom is 0.273 e. The van der Waals surface area contributed by atoms with Gasteiger partial charge in [0, 0.05) is 22.5 Å². The number of rotatable bonds is 8. The predicted octanol–water partition coefficient (Wildman–Crippen LogP) is 3.10. The van der Waals surface area contributed by atoms with Gasteiger partial charge in [0.15, 0.2) is 11.5 Å². The average molecular weight is 400 g/mol. The fourth-order valence-corrected chi connectivity index (χ4v) is 3.67. The van der Waals surface area contributed by atoms with E-state index in [1.165, 1.54) is 4.70 Å². The van der Waals surface area contributed by atoms with Gasteiger partial charge in [0.2, 0.25) is 5.95 Å². The van der Waals surface area contributed by atoms with Gasteiger partial charge in [-0.3, -0.25) is 4.79 Å². The molecule has 2 atom stereocenters. The number of carbonyl (C=O) groups excluding carboxylic acids is 1. The van der Waals surface area contributed by atoms with E-state index in [0.29, 0.717) is 11.9 Å². The molecule has 28 heavy (non-hydrogen) atoms. The number of anilines is 3. The zero-order valence-corrected chi connectivity index (χ0v) is 17.0. The van der Waals surface area contributed by atoms with Gasteiger partial charge in [0.25, 0.3) is 5.91 Å². The Kier molecular flexibility index (Phi) is 6.05. The van der Waals surface area contributed by atoms with Gasteiger partial charge in [-0.05, 0) is 54.3 Å². The summed E-state index contributed by atoms with van der Waals surface area (Å²) in [5, 5.41) is 17.5. The lowest BCUT2D eigenvalue weighted by molar-refractivity contribution is 0.0995. The summed E-state index contributed by atoms with van der Waals surface area (Å²) in [6, 6.07) is 7.83. The Morgan fingerprint density at radius 3 is 2.68 bits per heavy atom. The number of benzene rings is 1. The van der Waals surface area contributed by atoms with Crippen molar-refractivity contribution in [3.63, 3.8) is 0 Å². The van der Waals surface area contributed by atoms with E-state index in [0.717, 1.165) is 17.5 Å². The molecule has 0 radical (unpaired) electrons. The Morgan fingerprint density at radius 2 is 2.00 bits per heavy atom. The summed E-state index contributed by atoms with van der Waals surface area (Å²) in [5.41, 5.74) is 12.3. The Labute approximate surface area is 167 Å². The highest BCUT2D eigenvalue weighted by Crippen LogP contribution is 2.26. The lowest BCUT2D eigenvalue weighted by atomic mass is 9.99. The molecule has 6 N–H and O–H groups in total. The van der Waals surface area contributed by atoms with Crippen LogP contribution in [0.15, 0.2) is 29.6 Å². The molecule has 0 aliphatic rings. The van der Waals surface area contributed by atoms with E-state index in [1.54, 1.807) is 11.3 Å². The third kappa shape index (κ3) is 4.73. The van der Waals surface area contributed by atoms with Crippen molar-refractivity contribution < 1.29 is 4.79 Å². The van der Waals surface area contributed by atoms with Gasteiger partial charge in [0.1, 0.15) is 0 Å². The van der Waals surface area contributed by atoms with Crippen LogP contribution >= 0.6 is 11.3 Å². The SMILES string of the molecule is CC(C)C[C@H](Nc1nnc(C(N)=O)c(Nc2ccc3sccc3c2)n1)[C@H](C)N. The predicted molar refractivity (Wildman–Crippen MR) is 114 cm³/mol. The van der Waals surface area contributed by atoms with Gasteiger partial charge in [-0.15, -0.1) is 21.5 Å². The summed E-state index contributed by atoms with van der Waals surface area (Å²) in [4.78, 5) is 16.2. The van der Waals surface area contributed by atoms with Crippen LogP contribution in [-0.4, -0.2) is 33.2 Å². The zero-order chi connectivity index (χ0) is 20.3. The quantitative estimate of drug-likeness (QED) is 0.457. The summed E-state index contributed by atoms with van der Waals surface area (Å²) in [7, 11) is 0. The van der Waals surface area contributed by atoms with Crippen molar-refractivity contribution in [3.05, 3.63) is 35.3 Å². The molecule has 8 nitrogen and oxygen atoms in total. The van der Waals surface area contributed by atoms with Crippen molar-refractivity contribution in [3.8, 4) is 0 Å². The van der Waals surface area contributed by atoms with Crippen LogP contribution in [0.25, 0.3) is 10.1 Å². The number of nitrogens with two attached hydrogens (primary N) is 2. The Bertz CT molecular complexity index is 970. The van der Waals surface area contributed by atoms with Crippen molar-refractivity contribution in [2.45, 2.75) is 39.3 Å². The second-order valence-electron chi connectivity index (χ2n) is 7.23. The summed E-state index contributed by atoms with van der Waals surface area (Å²) >= 11 is 1.67. The standard InChI is InChI=1S/C19H25N7OS/c1-10(2)8-14(11(3)20)23-19-24-18(16(17(21)27)25-26-19)22-13-4-5-15-12(9-13)6-7-28-15/h4-7,9-11,14H,8,20H2,1-3H3,(H2,21,27)(H2,22,23,24,26)/t11-,14-/m0/s1. The number of hydrogen-bond donors (Lipinski definition) is 4. The zero-order valence-electron chi connectivity index (χ0n) is 16.1. The lowest BCUT2D eigenvalue weighted by Gasteiger charge is -2.24. The largest absolute Gasteiger partial charge is 0.364 e. The third-order valence-corrected chi connectivity index (χ3v) is 5.21. The first-order valence-electron chi connectivity index (χ1n) is 9.14. The van der Waals surface area contributed by atoms with E-state index in [4.69, 9.17) is 11.5 Å². The van der Waals surface area contributed by atoms with E-state index in [-0.39, 0.29) is 23.6 Å². The first-order valence-corrected chi connectivity index (χ1v) is 10.0. The van der Waals surface area contributed by atoms with E-state index in [1.807, 2.05) is 36.6 Å². The highest BCUT2D eigenvalue weighted by atomic mass is 32.1. The fourth-order valence-electron chi connectivity index (χ4n) is 2.90. The molecule has 3 aromatic rings. The molecule has 1 aromatic carbocycles. The molecule has 148 valence electrons. The minimum absolute atomic E-state index is 0.0165. The summed E-state index contributed by atoms with van der Waals surface area (Å²) in [5.74, 6) is 0.312. The van der Waals surface area contributed by atoms with Crippen LogP contribution < -0.4 is 22.1 Å². The lowest BCUT2D eigenvalue weighted by Crippen LogP contribution is -2.39. The van der Waals surface area contributed by atoms with Crippen molar-refractivity contribution >= 4 is 44.8 Å². The van der Waals surface area contributed by atoms with Crippen molar-refractivity contribution in [1.29, 1.82) is 0 Å². The molecule has 0 saturated heterocycles. The van der Waals surface area contributed by atoms with Gasteiger partial charge in [0.05, 0.1) is 0 Å². The number of fused-ring (bicyclic) bond motifs is 1. The molecular weight excluding hydrogens is 374 g/mol. The highest BCUT2D eigenvalue weighted by Gasteiger charge is 2.19. The Hall–Kier alpha value is -2.78. The monoisotopic (exact) mass is 399 g/mol. The maximum absolute atomic E-state index is 11.8. The van der Waals surface area contributed by atoms with Crippen LogP contribution in [0.2, 0.25) is 0 Å².